The van der Waals surface area contributed by atoms with Gasteiger partial charge in [0, 0.05) is 34.4 Å². The molecule has 0 saturated heterocycles. The number of carbonyl (C=O) groups is 1. The summed E-state index contributed by atoms with van der Waals surface area (Å²) in [6.45, 7) is 5.74. The van der Waals surface area contributed by atoms with Crippen LogP contribution in [0.2, 0.25) is 0 Å². The SMILES string of the molecule is Cc1ccc(OCCN)cc1C(=O)N[C@H](C)c1cccc(-c2ccc(CNC3CC3)s2)c1. The number of hydrogen-bond acceptors (Lipinski definition) is 5. The molecule has 1 heterocycles. The summed E-state index contributed by atoms with van der Waals surface area (Å²) in [4.78, 5) is 15.6. The molecule has 168 valence electrons. The highest BCUT2D eigenvalue weighted by atomic mass is 32.1. The standard InChI is InChI=1S/C26H31N3O2S/c1-17-6-9-22(31-13-12-27)15-24(17)26(30)29-18(2)19-4-3-5-20(14-19)25-11-10-23(32-25)16-28-21-7-8-21/h3-6,9-11,14-15,18,21,28H,7-8,12-13,16,27H2,1-2H3,(H,29,30)/t18-/m1/s1. The lowest BCUT2D eigenvalue weighted by molar-refractivity contribution is 0.0939. The summed E-state index contributed by atoms with van der Waals surface area (Å²) in [5.74, 6) is 0.550. The molecule has 32 heavy (non-hydrogen) atoms. The van der Waals surface area contributed by atoms with E-state index in [1.54, 1.807) is 6.07 Å². The zero-order chi connectivity index (χ0) is 22.5. The summed E-state index contributed by atoms with van der Waals surface area (Å²) in [7, 11) is 0. The molecule has 6 heteroatoms. The first-order chi connectivity index (χ1) is 15.5. The lowest BCUT2D eigenvalue weighted by Crippen LogP contribution is -2.27. The quantitative estimate of drug-likeness (QED) is 0.415. The van der Waals surface area contributed by atoms with Crippen LogP contribution < -0.4 is 21.1 Å². The van der Waals surface area contributed by atoms with E-state index in [2.05, 4.69) is 47.0 Å². The highest BCUT2D eigenvalue weighted by Gasteiger charge is 2.20. The lowest BCUT2D eigenvalue weighted by Gasteiger charge is -2.17. The van der Waals surface area contributed by atoms with E-state index in [0.29, 0.717) is 30.5 Å². The number of amides is 1. The zero-order valence-corrected chi connectivity index (χ0v) is 19.5. The van der Waals surface area contributed by atoms with Crippen LogP contribution in [0.1, 0.15) is 52.2 Å². The van der Waals surface area contributed by atoms with Gasteiger partial charge in [-0.3, -0.25) is 4.79 Å². The highest BCUT2D eigenvalue weighted by Crippen LogP contribution is 2.31. The first-order valence-corrected chi connectivity index (χ1v) is 12.0. The molecule has 0 aliphatic heterocycles. The van der Waals surface area contributed by atoms with E-state index >= 15 is 0 Å². The predicted molar refractivity (Wildman–Crippen MR) is 131 cm³/mol. The van der Waals surface area contributed by atoms with Crippen LogP contribution in [0.25, 0.3) is 10.4 Å². The Hall–Kier alpha value is -2.67. The van der Waals surface area contributed by atoms with Gasteiger partial charge in [0.15, 0.2) is 0 Å². The molecule has 5 nitrogen and oxygen atoms in total. The number of hydrogen-bond donors (Lipinski definition) is 3. The average Bonchev–Trinajstić information content (AvgIpc) is 3.52. The number of rotatable bonds is 10. The maximum absolute atomic E-state index is 13.0. The Morgan fingerprint density at radius 2 is 2.03 bits per heavy atom. The van der Waals surface area contributed by atoms with Crippen molar-refractivity contribution in [3.8, 4) is 16.2 Å². The van der Waals surface area contributed by atoms with Gasteiger partial charge in [0.1, 0.15) is 12.4 Å². The molecular formula is C26H31N3O2S. The number of benzene rings is 2. The van der Waals surface area contributed by atoms with Crippen molar-refractivity contribution >= 4 is 17.2 Å². The van der Waals surface area contributed by atoms with Crippen molar-refractivity contribution in [2.75, 3.05) is 13.2 Å². The van der Waals surface area contributed by atoms with Crippen LogP contribution in [-0.4, -0.2) is 25.1 Å². The Bertz CT molecular complexity index is 1070. The summed E-state index contributed by atoms with van der Waals surface area (Å²) < 4.78 is 5.58. The molecule has 0 spiro atoms. The second-order valence-electron chi connectivity index (χ2n) is 8.36. The summed E-state index contributed by atoms with van der Waals surface area (Å²) >= 11 is 1.82. The van der Waals surface area contributed by atoms with E-state index in [0.717, 1.165) is 17.7 Å². The van der Waals surface area contributed by atoms with Crippen LogP contribution in [-0.2, 0) is 6.54 Å². The predicted octanol–water partition coefficient (Wildman–Crippen LogP) is 4.80. The smallest absolute Gasteiger partial charge is 0.252 e. The van der Waals surface area contributed by atoms with E-state index in [9.17, 15) is 4.79 Å². The molecule has 1 saturated carbocycles. The third-order valence-corrected chi connectivity index (χ3v) is 6.80. The van der Waals surface area contributed by atoms with E-state index in [-0.39, 0.29) is 11.9 Å². The molecular weight excluding hydrogens is 418 g/mol. The van der Waals surface area contributed by atoms with Gasteiger partial charge in [0.05, 0.1) is 6.04 Å². The second kappa shape index (κ2) is 10.3. The van der Waals surface area contributed by atoms with Crippen LogP contribution in [0.15, 0.2) is 54.6 Å². The summed E-state index contributed by atoms with van der Waals surface area (Å²) in [6.07, 6.45) is 2.60. The van der Waals surface area contributed by atoms with Gasteiger partial charge >= 0.3 is 0 Å². The molecule has 4 rings (SSSR count). The number of carbonyl (C=O) groups excluding carboxylic acids is 1. The fourth-order valence-electron chi connectivity index (χ4n) is 3.59. The molecule has 4 N–H and O–H groups in total. The van der Waals surface area contributed by atoms with E-state index in [1.165, 1.54) is 28.2 Å². The Morgan fingerprint density at radius 3 is 2.81 bits per heavy atom. The molecule has 1 amide bonds. The summed E-state index contributed by atoms with van der Waals surface area (Å²) in [6, 6.07) is 19.0. The van der Waals surface area contributed by atoms with Gasteiger partial charge in [-0.05, 0) is 73.7 Å². The van der Waals surface area contributed by atoms with Gasteiger partial charge in [0.25, 0.3) is 5.91 Å². The van der Waals surface area contributed by atoms with Crippen LogP contribution >= 0.6 is 11.3 Å². The number of aryl methyl sites for hydroxylation is 1. The van der Waals surface area contributed by atoms with Crippen molar-refractivity contribution < 1.29 is 9.53 Å². The summed E-state index contributed by atoms with van der Waals surface area (Å²) in [5.41, 5.74) is 9.30. The second-order valence-corrected chi connectivity index (χ2v) is 9.52. The molecule has 1 aliphatic rings. The molecule has 1 aromatic heterocycles. The largest absolute Gasteiger partial charge is 0.492 e. The Morgan fingerprint density at radius 1 is 1.19 bits per heavy atom. The van der Waals surface area contributed by atoms with E-state index in [1.807, 2.05) is 37.3 Å². The van der Waals surface area contributed by atoms with Crippen LogP contribution in [0.5, 0.6) is 5.75 Å². The first kappa shape index (κ1) is 22.5. The Labute approximate surface area is 194 Å². The highest BCUT2D eigenvalue weighted by molar-refractivity contribution is 7.15. The molecule has 0 radical (unpaired) electrons. The van der Waals surface area contributed by atoms with Gasteiger partial charge in [-0.25, -0.2) is 0 Å². The molecule has 0 unspecified atom stereocenters. The number of thiophene rings is 1. The Balaban J connectivity index is 1.43. The lowest BCUT2D eigenvalue weighted by atomic mass is 10.0. The molecule has 1 atom stereocenters. The van der Waals surface area contributed by atoms with Gasteiger partial charge in [-0.1, -0.05) is 24.3 Å². The van der Waals surface area contributed by atoms with Crippen molar-refractivity contribution in [2.45, 2.75) is 45.3 Å². The van der Waals surface area contributed by atoms with Crippen molar-refractivity contribution in [3.63, 3.8) is 0 Å². The normalized spacial score (nSPS) is 14.2. The van der Waals surface area contributed by atoms with Crippen molar-refractivity contribution in [3.05, 3.63) is 76.2 Å². The fraction of sp³-hybridized carbons (Fsp3) is 0.346. The molecule has 3 aromatic rings. The van der Waals surface area contributed by atoms with E-state index in [4.69, 9.17) is 10.5 Å². The average molecular weight is 450 g/mol. The first-order valence-electron chi connectivity index (χ1n) is 11.2. The maximum atomic E-state index is 13.0. The number of nitrogens with one attached hydrogen (secondary N) is 2. The van der Waals surface area contributed by atoms with Crippen molar-refractivity contribution in [1.82, 2.24) is 10.6 Å². The van der Waals surface area contributed by atoms with Crippen molar-refractivity contribution in [1.29, 1.82) is 0 Å². The minimum atomic E-state index is -0.119. The third-order valence-electron chi connectivity index (χ3n) is 5.66. The molecule has 1 fully saturated rings. The monoisotopic (exact) mass is 449 g/mol. The van der Waals surface area contributed by atoms with Crippen LogP contribution in [0.3, 0.4) is 0 Å². The van der Waals surface area contributed by atoms with E-state index < -0.39 is 0 Å². The zero-order valence-electron chi connectivity index (χ0n) is 18.7. The van der Waals surface area contributed by atoms with Gasteiger partial charge in [-0.2, -0.15) is 0 Å². The number of ether oxygens (including phenoxy) is 1. The topological polar surface area (TPSA) is 76.4 Å². The van der Waals surface area contributed by atoms with Crippen LogP contribution in [0.4, 0.5) is 0 Å². The van der Waals surface area contributed by atoms with Gasteiger partial charge in [-0.15, -0.1) is 11.3 Å². The summed E-state index contributed by atoms with van der Waals surface area (Å²) in [5, 5.41) is 6.71. The third kappa shape index (κ3) is 5.76. The number of nitrogens with two attached hydrogens (primary N) is 1. The van der Waals surface area contributed by atoms with Gasteiger partial charge < -0.3 is 21.1 Å². The molecule has 0 bridgehead atoms. The molecule has 1 aliphatic carbocycles. The Kier molecular flexibility index (Phi) is 7.25. The minimum absolute atomic E-state index is 0.108. The van der Waals surface area contributed by atoms with Crippen molar-refractivity contribution in [2.24, 2.45) is 5.73 Å². The molecule has 2 aromatic carbocycles. The maximum Gasteiger partial charge on any atom is 0.252 e. The van der Waals surface area contributed by atoms with Crippen LogP contribution in [0, 0.1) is 6.92 Å². The van der Waals surface area contributed by atoms with Gasteiger partial charge in [0.2, 0.25) is 0 Å². The fourth-order valence-corrected chi connectivity index (χ4v) is 4.55. The minimum Gasteiger partial charge on any atom is -0.492 e.